The van der Waals surface area contributed by atoms with Crippen LogP contribution in [0.2, 0.25) is 5.02 Å². The van der Waals surface area contributed by atoms with Gasteiger partial charge in [0, 0.05) is 6.20 Å². The van der Waals surface area contributed by atoms with Crippen molar-refractivity contribution in [3.63, 3.8) is 0 Å². The lowest BCUT2D eigenvalue weighted by Gasteiger charge is -2.11. The Morgan fingerprint density at radius 2 is 2.00 bits per heavy atom. The number of hydrogen-bond acceptors (Lipinski definition) is 4. The largest absolute Gasteiger partial charge is 0.481 e. The number of pyridine rings is 1. The monoisotopic (exact) mass is 272 g/mol. The molecule has 1 atom stereocenters. The predicted molar refractivity (Wildman–Crippen MR) is 60.4 cm³/mol. The minimum atomic E-state index is -1.51. The number of carbonyl (C=O) groups is 3. The van der Waals surface area contributed by atoms with Gasteiger partial charge in [0.15, 0.2) is 0 Å². The minimum absolute atomic E-state index is 0.0453. The maximum Gasteiger partial charge on any atom is 0.326 e. The van der Waals surface area contributed by atoms with E-state index < -0.39 is 30.3 Å². The van der Waals surface area contributed by atoms with Crippen LogP contribution in [-0.4, -0.2) is 39.1 Å². The van der Waals surface area contributed by atoms with Gasteiger partial charge in [-0.25, -0.2) is 9.78 Å². The molecule has 1 heterocycles. The normalized spacial score (nSPS) is 11.6. The number of aliphatic carboxylic acids is 2. The van der Waals surface area contributed by atoms with Crippen LogP contribution in [0.3, 0.4) is 0 Å². The van der Waals surface area contributed by atoms with Crippen molar-refractivity contribution < 1.29 is 24.6 Å². The zero-order valence-electron chi connectivity index (χ0n) is 8.96. The predicted octanol–water partition coefficient (Wildman–Crippen LogP) is 0.393. The third-order valence-electron chi connectivity index (χ3n) is 1.94. The van der Waals surface area contributed by atoms with Crippen LogP contribution < -0.4 is 5.32 Å². The molecule has 0 aliphatic carbocycles. The fourth-order valence-corrected chi connectivity index (χ4v) is 1.23. The summed E-state index contributed by atoms with van der Waals surface area (Å²) < 4.78 is 0. The molecule has 8 heteroatoms. The lowest BCUT2D eigenvalue weighted by atomic mass is 10.2. The number of rotatable bonds is 5. The molecule has 0 radical (unpaired) electrons. The fourth-order valence-electron chi connectivity index (χ4n) is 1.12. The number of amides is 1. The number of nitrogens with one attached hydrogen (secondary N) is 1. The molecular formula is C10H9ClN2O5. The Kier molecular flexibility index (Phi) is 4.61. The van der Waals surface area contributed by atoms with Crippen LogP contribution in [-0.2, 0) is 9.59 Å². The molecule has 0 aliphatic heterocycles. The van der Waals surface area contributed by atoms with Crippen LogP contribution >= 0.6 is 11.6 Å². The highest BCUT2D eigenvalue weighted by Crippen LogP contribution is 2.06. The van der Waals surface area contributed by atoms with Gasteiger partial charge < -0.3 is 15.5 Å². The quantitative estimate of drug-likeness (QED) is 0.714. The molecule has 0 spiro atoms. The summed E-state index contributed by atoms with van der Waals surface area (Å²) in [5, 5.41) is 19.6. The first-order chi connectivity index (χ1) is 8.40. The van der Waals surface area contributed by atoms with Crippen LogP contribution in [0, 0.1) is 0 Å². The average Bonchev–Trinajstić information content (AvgIpc) is 2.28. The van der Waals surface area contributed by atoms with Crippen molar-refractivity contribution in [2.75, 3.05) is 0 Å². The second kappa shape index (κ2) is 5.97. The number of nitrogens with zero attached hydrogens (tertiary/aromatic N) is 1. The molecule has 0 fully saturated rings. The van der Waals surface area contributed by atoms with Crippen LogP contribution in [0.5, 0.6) is 0 Å². The zero-order valence-corrected chi connectivity index (χ0v) is 9.72. The van der Waals surface area contributed by atoms with Gasteiger partial charge in [0.05, 0.1) is 11.4 Å². The summed E-state index contributed by atoms with van der Waals surface area (Å²) in [6.45, 7) is 0. The van der Waals surface area contributed by atoms with Gasteiger partial charge in [0.25, 0.3) is 5.91 Å². The van der Waals surface area contributed by atoms with Crippen LogP contribution in [0.4, 0.5) is 0 Å². The molecule has 1 rings (SSSR count). The smallest absolute Gasteiger partial charge is 0.326 e. The van der Waals surface area contributed by atoms with Crippen molar-refractivity contribution in [1.82, 2.24) is 10.3 Å². The van der Waals surface area contributed by atoms with Crippen molar-refractivity contribution in [3.8, 4) is 0 Å². The van der Waals surface area contributed by atoms with E-state index in [1.807, 2.05) is 0 Å². The van der Waals surface area contributed by atoms with Gasteiger partial charge in [-0.15, -0.1) is 0 Å². The van der Waals surface area contributed by atoms with Gasteiger partial charge in [-0.2, -0.15) is 0 Å². The molecular weight excluding hydrogens is 264 g/mol. The number of halogens is 1. The second-order valence-corrected chi connectivity index (χ2v) is 3.76. The van der Waals surface area contributed by atoms with E-state index in [1.165, 1.54) is 18.3 Å². The van der Waals surface area contributed by atoms with Gasteiger partial charge in [-0.1, -0.05) is 11.6 Å². The highest BCUT2D eigenvalue weighted by Gasteiger charge is 2.23. The highest BCUT2D eigenvalue weighted by atomic mass is 35.5. The van der Waals surface area contributed by atoms with E-state index in [2.05, 4.69) is 10.3 Å². The highest BCUT2D eigenvalue weighted by molar-refractivity contribution is 6.30. The molecule has 1 aromatic heterocycles. The Balaban J connectivity index is 2.75. The Bertz CT molecular complexity index is 474. The molecule has 0 aliphatic rings. The van der Waals surface area contributed by atoms with E-state index >= 15 is 0 Å². The molecule has 1 aromatic rings. The molecule has 96 valence electrons. The number of aromatic nitrogens is 1. The summed E-state index contributed by atoms with van der Waals surface area (Å²) in [6, 6.07) is 1.21. The fraction of sp³-hybridized carbons (Fsp3) is 0.200. The topological polar surface area (TPSA) is 117 Å². The summed E-state index contributed by atoms with van der Waals surface area (Å²) in [7, 11) is 0. The lowest BCUT2D eigenvalue weighted by molar-refractivity contribution is -0.145. The summed E-state index contributed by atoms with van der Waals surface area (Å²) in [6.07, 6.45) is 0.512. The van der Waals surface area contributed by atoms with Gasteiger partial charge in [0.1, 0.15) is 11.7 Å². The molecule has 0 saturated carbocycles. The van der Waals surface area contributed by atoms with Crippen molar-refractivity contribution in [2.45, 2.75) is 12.5 Å². The van der Waals surface area contributed by atoms with Gasteiger partial charge in [-0.05, 0) is 12.1 Å². The summed E-state index contributed by atoms with van der Waals surface area (Å²) in [5.74, 6) is -3.54. The summed E-state index contributed by atoms with van der Waals surface area (Å²) in [5.41, 5.74) is -0.0453. The minimum Gasteiger partial charge on any atom is -0.481 e. The third-order valence-corrected chi connectivity index (χ3v) is 2.17. The summed E-state index contributed by atoms with van der Waals surface area (Å²) in [4.78, 5) is 36.4. The van der Waals surface area contributed by atoms with E-state index in [4.69, 9.17) is 21.8 Å². The molecule has 18 heavy (non-hydrogen) atoms. The summed E-state index contributed by atoms with van der Waals surface area (Å²) >= 11 is 5.58. The number of hydrogen-bond donors (Lipinski definition) is 3. The molecule has 1 amide bonds. The first kappa shape index (κ1) is 13.9. The van der Waals surface area contributed by atoms with Crippen molar-refractivity contribution in [1.29, 1.82) is 0 Å². The van der Waals surface area contributed by atoms with E-state index in [0.717, 1.165) is 0 Å². The molecule has 0 aromatic carbocycles. The van der Waals surface area contributed by atoms with E-state index in [1.54, 1.807) is 0 Å². The van der Waals surface area contributed by atoms with Crippen LogP contribution in [0.15, 0.2) is 18.3 Å². The Morgan fingerprint density at radius 1 is 1.33 bits per heavy atom. The van der Waals surface area contributed by atoms with Crippen molar-refractivity contribution >= 4 is 29.4 Å². The molecule has 0 saturated heterocycles. The average molecular weight is 273 g/mol. The standard InChI is InChI=1S/C10H9ClN2O5/c11-5-1-2-6(12-4-5)9(16)13-7(10(17)18)3-8(14)15/h1-2,4,7H,3H2,(H,13,16)(H,14,15)(H,17,18). The van der Waals surface area contributed by atoms with Crippen LogP contribution in [0.1, 0.15) is 16.9 Å². The Morgan fingerprint density at radius 3 is 2.44 bits per heavy atom. The van der Waals surface area contributed by atoms with Crippen molar-refractivity contribution in [2.24, 2.45) is 0 Å². The lowest BCUT2D eigenvalue weighted by Crippen LogP contribution is -2.42. The van der Waals surface area contributed by atoms with E-state index in [0.29, 0.717) is 5.02 Å². The zero-order chi connectivity index (χ0) is 13.7. The van der Waals surface area contributed by atoms with E-state index in [-0.39, 0.29) is 5.69 Å². The molecule has 7 nitrogen and oxygen atoms in total. The number of carboxylic acids is 2. The second-order valence-electron chi connectivity index (χ2n) is 3.32. The number of carbonyl (C=O) groups excluding carboxylic acids is 1. The first-order valence-electron chi connectivity index (χ1n) is 4.77. The Labute approximate surface area is 106 Å². The molecule has 1 unspecified atom stereocenters. The molecule has 3 N–H and O–H groups in total. The molecule has 0 bridgehead atoms. The maximum absolute atomic E-state index is 11.6. The van der Waals surface area contributed by atoms with Gasteiger partial charge in [-0.3, -0.25) is 9.59 Å². The number of carboxylic acid groups (broad SMARTS) is 2. The SMILES string of the molecule is O=C(O)CC(NC(=O)c1ccc(Cl)cn1)C(=O)O. The van der Waals surface area contributed by atoms with Crippen molar-refractivity contribution in [3.05, 3.63) is 29.0 Å². The van der Waals surface area contributed by atoms with Gasteiger partial charge >= 0.3 is 11.9 Å². The van der Waals surface area contributed by atoms with E-state index in [9.17, 15) is 14.4 Å². The Hall–Kier alpha value is -2.15. The first-order valence-corrected chi connectivity index (χ1v) is 5.15. The van der Waals surface area contributed by atoms with Gasteiger partial charge in [0.2, 0.25) is 0 Å². The maximum atomic E-state index is 11.6. The van der Waals surface area contributed by atoms with Crippen LogP contribution in [0.25, 0.3) is 0 Å². The third kappa shape index (κ3) is 4.02.